The second-order valence-corrected chi connectivity index (χ2v) is 3.56. The minimum Gasteiger partial charge on any atom is -0.381 e. The van der Waals surface area contributed by atoms with Gasteiger partial charge in [0.25, 0.3) is 0 Å². The van der Waals surface area contributed by atoms with Crippen molar-refractivity contribution in [2.24, 2.45) is 0 Å². The van der Waals surface area contributed by atoms with Crippen LogP contribution in [0, 0.1) is 12.7 Å². The van der Waals surface area contributed by atoms with E-state index in [1.165, 1.54) is 18.5 Å². The third kappa shape index (κ3) is 2.53. The van der Waals surface area contributed by atoms with Crippen molar-refractivity contribution in [3.8, 4) is 0 Å². The lowest BCUT2D eigenvalue weighted by Gasteiger charge is -2.08. The van der Waals surface area contributed by atoms with E-state index in [-0.39, 0.29) is 5.82 Å². The molecular weight excluding hydrogens is 205 g/mol. The van der Waals surface area contributed by atoms with Gasteiger partial charge in [-0.05, 0) is 24.6 Å². The average Bonchev–Trinajstić information content (AvgIpc) is 2.32. The molecule has 0 unspecified atom stereocenters. The van der Waals surface area contributed by atoms with Crippen LogP contribution in [0.3, 0.4) is 0 Å². The SMILES string of the molecule is Cc1ccc(F)cc1NCc1cncnc1. The average molecular weight is 217 g/mol. The van der Waals surface area contributed by atoms with E-state index >= 15 is 0 Å². The van der Waals surface area contributed by atoms with E-state index in [9.17, 15) is 4.39 Å². The normalized spacial score (nSPS) is 10.1. The molecule has 2 rings (SSSR count). The molecule has 0 aliphatic rings. The lowest BCUT2D eigenvalue weighted by Crippen LogP contribution is -2.02. The van der Waals surface area contributed by atoms with Gasteiger partial charge in [0.15, 0.2) is 0 Å². The van der Waals surface area contributed by atoms with Crippen molar-refractivity contribution in [3.05, 3.63) is 53.9 Å². The van der Waals surface area contributed by atoms with Crippen LogP contribution in [0.5, 0.6) is 0 Å². The van der Waals surface area contributed by atoms with Gasteiger partial charge >= 0.3 is 0 Å². The molecule has 0 saturated heterocycles. The summed E-state index contributed by atoms with van der Waals surface area (Å²) in [7, 11) is 0. The molecule has 1 heterocycles. The van der Waals surface area contributed by atoms with Crippen LogP contribution in [-0.2, 0) is 6.54 Å². The largest absolute Gasteiger partial charge is 0.381 e. The number of hydrogen-bond acceptors (Lipinski definition) is 3. The molecule has 0 amide bonds. The smallest absolute Gasteiger partial charge is 0.125 e. The van der Waals surface area contributed by atoms with Crippen molar-refractivity contribution < 1.29 is 4.39 Å². The molecule has 0 aliphatic heterocycles. The summed E-state index contributed by atoms with van der Waals surface area (Å²) >= 11 is 0. The fraction of sp³-hybridized carbons (Fsp3) is 0.167. The third-order valence-electron chi connectivity index (χ3n) is 2.30. The number of benzene rings is 1. The molecule has 16 heavy (non-hydrogen) atoms. The van der Waals surface area contributed by atoms with Crippen molar-refractivity contribution in [3.63, 3.8) is 0 Å². The number of aromatic nitrogens is 2. The van der Waals surface area contributed by atoms with E-state index in [1.54, 1.807) is 18.5 Å². The molecule has 0 spiro atoms. The number of anilines is 1. The molecule has 4 heteroatoms. The minimum absolute atomic E-state index is 0.239. The number of halogens is 1. The maximum atomic E-state index is 13.0. The zero-order valence-corrected chi connectivity index (χ0v) is 8.94. The Bertz CT molecular complexity index is 471. The zero-order valence-electron chi connectivity index (χ0n) is 8.94. The molecule has 0 bridgehead atoms. The van der Waals surface area contributed by atoms with Crippen molar-refractivity contribution in [1.82, 2.24) is 9.97 Å². The molecule has 0 aliphatic carbocycles. The first kappa shape index (κ1) is 10.5. The summed E-state index contributed by atoms with van der Waals surface area (Å²) in [5, 5.41) is 3.15. The van der Waals surface area contributed by atoms with E-state index in [2.05, 4.69) is 15.3 Å². The van der Waals surface area contributed by atoms with Gasteiger partial charge in [0, 0.05) is 30.2 Å². The highest BCUT2D eigenvalue weighted by Gasteiger charge is 2.00. The maximum absolute atomic E-state index is 13.0. The molecule has 1 aromatic carbocycles. The van der Waals surface area contributed by atoms with Gasteiger partial charge < -0.3 is 5.32 Å². The summed E-state index contributed by atoms with van der Waals surface area (Å²) in [5.74, 6) is -0.239. The first-order valence-electron chi connectivity index (χ1n) is 4.99. The Balaban J connectivity index is 2.08. The molecule has 3 nitrogen and oxygen atoms in total. The molecule has 1 N–H and O–H groups in total. The fourth-order valence-electron chi connectivity index (χ4n) is 1.40. The van der Waals surface area contributed by atoms with Crippen LogP contribution in [0.25, 0.3) is 0 Å². The Morgan fingerprint density at radius 1 is 1.25 bits per heavy atom. The topological polar surface area (TPSA) is 37.8 Å². The monoisotopic (exact) mass is 217 g/mol. The van der Waals surface area contributed by atoms with Crippen LogP contribution >= 0.6 is 0 Å². The van der Waals surface area contributed by atoms with E-state index in [0.29, 0.717) is 6.54 Å². The molecule has 0 fully saturated rings. The van der Waals surface area contributed by atoms with E-state index < -0.39 is 0 Å². The first-order valence-corrected chi connectivity index (χ1v) is 4.99. The summed E-state index contributed by atoms with van der Waals surface area (Å²) in [6, 6.07) is 4.68. The van der Waals surface area contributed by atoms with Gasteiger partial charge in [-0.25, -0.2) is 14.4 Å². The van der Waals surface area contributed by atoms with Crippen molar-refractivity contribution in [2.45, 2.75) is 13.5 Å². The summed E-state index contributed by atoms with van der Waals surface area (Å²) in [4.78, 5) is 7.82. The highest BCUT2D eigenvalue weighted by Crippen LogP contribution is 2.16. The molecular formula is C12H12FN3. The molecule has 0 radical (unpaired) electrons. The Morgan fingerprint density at radius 2 is 2.00 bits per heavy atom. The quantitative estimate of drug-likeness (QED) is 0.858. The van der Waals surface area contributed by atoms with Gasteiger partial charge in [-0.2, -0.15) is 0 Å². The van der Waals surface area contributed by atoms with Crippen LogP contribution < -0.4 is 5.32 Å². The Kier molecular flexibility index (Phi) is 3.10. The summed E-state index contributed by atoms with van der Waals surface area (Å²) < 4.78 is 13.0. The lowest BCUT2D eigenvalue weighted by molar-refractivity contribution is 0.628. The van der Waals surface area contributed by atoms with Gasteiger partial charge in [0.05, 0.1) is 0 Å². The van der Waals surface area contributed by atoms with Gasteiger partial charge in [-0.15, -0.1) is 0 Å². The van der Waals surface area contributed by atoms with E-state index in [4.69, 9.17) is 0 Å². The summed E-state index contributed by atoms with van der Waals surface area (Å²) in [6.07, 6.45) is 4.94. The second kappa shape index (κ2) is 4.70. The zero-order chi connectivity index (χ0) is 11.4. The number of hydrogen-bond donors (Lipinski definition) is 1. The Hall–Kier alpha value is -1.97. The number of rotatable bonds is 3. The fourth-order valence-corrected chi connectivity index (χ4v) is 1.40. The predicted molar refractivity (Wildman–Crippen MR) is 60.5 cm³/mol. The first-order chi connectivity index (χ1) is 7.75. The van der Waals surface area contributed by atoms with Crippen LogP contribution in [0.4, 0.5) is 10.1 Å². The van der Waals surface area contributed by atoms with Crippen LogP contribution in [0.1, 0.15) is 11.1 Å². The van der Waals surface area contributed by atoms with E-state index in [1.807, 2.05) is 6.92 Å². The summed E-state index contributed by atoms with van der Waals surface area (Å²) in [5.41, 5.74) is 2.77. The highest BCUT2D eigenvalue weighted by atomic mass is 19.1. The van der Waals surface area contributed by atoms with Gasteiger partial charge in [-0.1, -0.05) is 6.07 Å². The van der Waals surface area contributed by atoms with E-state index in [0.717, 1.165) is 16.8 Å². The van der Waals surface area contributed by atoms with Gasteiger partial charge in [0.1, 0.15) is 12.1 Å². The molecule has 0 atom stereocenters. The van der Waals surface area contributed by atoms with Crippen LogP contribution in [0.2, 0.25) is 0 Å². The maximum Gasteiger partial charge on any atom is 0.125 e. The second-order valence-electron chi connectivity index (χ2n) is 3.56. The Labute approximate surface area is 93.4 Å². The molecule has 0 saturated carbocycles. The van der Waals surface area contributed by atoms with Crippen molar-refractivity contribution >= 4 is 5.69 Å². The standard InChI is InChI=1S/C12H12FN3/c1-9-2-3-11(13)4-12(9)16-7-10-5-14-8-15-6-10/h2-6,8,16H,7H2,1H3. The van der Waals surface area contributed by atoms with Gasteiger partial charge in [0.2, 0.25) is 0 Å². The van der Waals surface area contributed by atoms with Gasteiger partial charge in [-0.3, -0.25) is 0 Å². The minimum atomic E-state index is -0.239. The number of aryl methyl sites for hydroxylation is 1. The Morgan fingerprint density at radius 3 is 2.75 bits per heavy atom. The van der Waals surface area contributed by atoms with Crippen molar-refractivity contribution in [1.29, 1.82) is 0 Å². The molecule has 82 valence electrons. The highest BCUT2D eigenvalue weighted by molar-refractivity contribution is 5.50. The van der Waals surface area contributed by atoms with Crippen LogP contribution in [-0.4, -0.2) is 9.97 Å². The third-order valence-corrected chi connectivity index (χ3v) is 2.30. The molecule has 1 aromatic heterocycles. The predicted octanol–water partition coefficient (Wildman–Crippen LogP) is 2.54. The number of nitrogens with one attached hydrogen (secondary N) is 1. The van der Waals surface area contributed by atoms with Crippen molar-refractivity contribution in [2.75, 3.05) is 5.32 Å². The summed E-state index contributed by atoms with van der Waals surface area (Å²) in [6.45, 7) is 2.52. The lowest BCUT2D eigenvalue weighted by atomic mass is 10.2. The van der Waals surface area contributed by atoms with Crippen LogP contribution in [0.15, 0.2) is 36.9 Å². The molecule has 2 aromatic rings. The number of nitrogens with zero attached hydrogens (tertiary/aromatic N) is 2.